The van der Waals surface area contributed by atoms with Crippen LogP contribution < -0.4 is 5.32 Å². The van der Waals surface area contributed by atoms with Gasteiger partial charge in [-0.25, -0.2) is 4.39 Å². The number of anilines is 1. The number of fused-ring (bicyclic) bond motifs is 1. The minimum absolute atomic E-state index is 0.0310. The summed E-state index contributed by atoms with van der Waals surface area (Å²) in [6.45, 7) is 4.50. The number of amides is 1. The Kier molecular flexibility index (Phi) is 6.89. The third kappa shape index (κ3) is 5.12. The highest BCUT2D eigenvalue weighted by molar-refractivity contribution is 6.31. The molecule has 1 saturated heterocycles. The maximum atomic E-state index is 14.8. The molecule has 6 heteroatoms. The Morgan fingerprint density at radius 2 is 1.83 bits per heavy atom. The maximum Gasteiger partial charge on any atom is 0.224 e. The number of nitrogens with one attached hydrogen (secondary N) is 1. The van der Waals surface area contributed by atoms with E-state index in [9.17, 15) is 9.18 Å². The molecule has 0 unspecified atom stereocenters. The van der Waals surface area contributed by atoms with Gasteiger partial charge in [0.1, 0.15) is 5.82 Å². The SMILES string of the molecule is CCC(=O)Nc1cccc(C2CCN(Cc3cc4ccc(Cl)cc4n3-c3ccccc3F)CC2)c1. The summed E-state index contributed by atoms with van der Waals surface area (Å²) in [5.74, 6) is 0.240. The first-order valence-electron chi connectivity index (χ1n) is 12.2. The lowest BCUT2D eigenvalue weighted by molar-refractivity contribution is -0.115. The summed E-state index contributed by atoms with van der Waals surface area (Å²) in [4.78, 5) is 14.2. The minimum Gasteiger partial charge on any atom is -0.326 e. The summed E-state index contributed by atoms with van der Waals surface area (Å²) in [5.41, 5.74) is 4.65. The normalized spacial score (nSPS) is 14.9. The zero-order valence-electron chi connectivity index (χ0n) is 19.8. The molecule has 3 aromatic carbocycles. The Labute approximate surface area is 210 Å². The first kappa shape index (κ1) is 23.6. The summed E-state index contributed by atoms with van der Waals surface area (Å²) < 4.78 is 16.8. The lowest BCUT2D eigenvalue weighted by Crippen LogP contribution is -2.33. The number of hydrogen-bond donors (Lipinski definition) is 1. The average molecular weight is 490 g/mol. The van der Waals surface area contributed by atoms with Crippen LogP contribution in [0.25, 0.3) is 16.6 Å². The predicted molar refractivity (Wildman–Crippen MR) is 141 cm³/mol. The van der Waals surface area contributed by atoms with E-state index in [2.05, 4.69) is 28.4 Å². The van der Waals surface area contributed by atoms with Gasteiger partial charge in [0, 0.05) is 34.8 Å². The fraction of sp³-hybridized carbons (Fsp3) is 0.276. The second-order valence-electron chi connectivity index (χ2n) is 9.20. The highest BCUT2D eigenvalue weighted by Gasteiger charge is 2.23. The van der Waals surface area contributed by atoms with Crippen molar-refractivity contribution in [2.24, 2.45) is 0 Å². The molecular formula is C29H29ClFN3O. The highest BCUT2D eigenvalue weighted by Crippen LogP contribution is 2.33. The Morgan fingerprint density at radius 1 is 1.03 bits per heavy atom. The monoisotopic (exact) mass is 489 g/mol. The Morgan fingerprint density at radius 3 is 2.60 bits per heavy atom. The number of aromatic nitrogens is 1. The van der Waals surface area contributed by atoms with E-state index in [0.29, 0.717) is 23.0 Å². The lowest BCUT2D eigenvalue weighted by atomic mass is 9.89. The van der Waals surface area contributed by atoms with Crippen LogP contribution in [-0.2, 0) is 11.3 Å². The molecule has 0 spiro atoms. The van der Waals surface area contributed by atoms with E-state index < -0.39 is 0 Å². The number of nitrogens with zero attached hydrogens (tertiary/aromatic N) is 2. The van der Waals surface area contributed by atoms with Crippen molar-refractivity contribution >= 4 is 34.1 Å². The van der Waals surface area contributed by atoms with Gasteiger partial charge in [0.25, 0.3) is 0 Å². The average Bonchev–Trinajstić information content (AvgIpc) is 3.21. The number of halogens is 2. The summed E-state index contributed by atoms with van der Waals surface area (Å²) in [7, 11) is 0. The molecule has 2 heterocycles. The van der Waals surface area contributed by atoms with Crippen LogP contribution in [0.1, 0.15) is 43.4 Å². The van der Waals surface area contributed by atoms with E-state index in [1.807, 2.05) is 54.0 Å². The first-order valence-corrected chi connectivity index (χ1v) is 12.6. The van der Waals surface area contributed by atoms with E-state index >= 15 is 0 Å². The Bertz CT molecular complexity index is 1360. The van der Waals surface area contributed by atoms with E-state index in [0.717, 1.165) is 54.8 Å². The molecule has 1 aliphatic rings. The van der Waals surface area contributed by atoms with Crippen LogP contribution in [0.4, 0.5) is 10.1 Å². The van der Waals surface area contributed by atoms with Gasteiger partial charge in [-0.2, -0.15) is 0 Å². The third-order valence-electron chi connectivity index (χ3n) is 6.87. The van der Waals surface area contributed by atoms with E-state index in [1.54, 1.807) is 6.07 Å². The van der Waals surface area contributed by atoms with Crippen LogP contribution in [0.3, 0.4) is 0 Å². The van der Waals surface area contributed by atoms with Crippen LogP contribution in [-0.4, -0.2) is 28.5 Å². The Hall–Kier alpha value is -3.15. The highest BCUT2D eigenvalue weighted by atomic mass is 35.5. The van der Waals surface area contributed by atoms with Crippen molar-refractivity contribution in [3.8, 4) is 5.69 Å². The zero-order chi connectivity index (χ0) is 24.4. The second-order valence-corrected chi connectivity index (χ2v) is 9.64. The number of carbonyl (C=O) groups is 1. The number of benzene rings is 3. The van der Waals surface area contributed by atoms with Gasteiger partial charge in [0.15, 0.2) is 0 Å². The topological polar surface area (TPSA) is 37.3 Å². The molecule has 35 heavy (non-hydrogen) atoms. The van der Waals surface area contributed by atoms with Crippen molar-refractivity contribution in [2.75, 3.05) is 18.4 Å². The molecule has 0 bridgehead atoms. The van der Waals surface area contributed by atoms with Gasteiger partial charge in [0.2, 0.25) is 5.91 Å². The quantitative estimate of drug-likeness (QED) is 0.312. The fourth-order valence-electron chi connectivity index (χ4n) is 5.04. The van der Waals surface area contributed by atoms with Gasteiger partial charge in [-0.3, -0.25) is 9.69 Å². The molecular weight excluding hydrogens is 461 g/mol. The molecule has 4 aromatic rings. The van der Waals surface area contributed by atoms with Crippen LogP contribution in [0, 0.1) is 5.82 Å². The van der Waals surface area contributed by atoms with Crippen molar-refractivity contribution in [1.29, 1.82) is 0 Å². The smallest absolute Gasteiger partial charge is 0.224 e. The lowest BCUT2D eigenvalue weighted by Gasteiger charge is -2.32. The molecule has 0 atom stereocenters. The molecule has 4 nitrogen and oxygen atoms in total. The summed E-state index contributed by atoms with van der Waals surface area (Å²) in [5, 5.41) is 4.65. The van der Waals surface area contributed by atoms with E-state index in [-0.39, 0.29) is 11.7 Å². The van der Waals surface area contributed by atoms with Gasteiger partial charge in [-0.1, -0.05) is 48.9 Å². The molecule has 1 aromatic heterocycles. The number of hydrogen-bond acceptors (Lipinski definition) is 2. The van der Waals surface area contributed by atoms with Crippen molar-refractivity contribution in [3.63, 3.8) is 0 Å². The number of piperidine rings is 1. The third-order valence-corrected chi connectivity index (χ3v) is 7.11. The van der Waals surface area contributed by atoms with Gasteiger partial charge >= 0.3 is 0 Å². The summed E-state index contributed by atoms with van der Waals surface area (Å²) in [6.07, 6.45) is 2.55. The van der Waals surface area contributed by atoms with E-state index in [4.69, 9.17) is 11.6 Å². The molecule has 1 amide bonds. The predicted octanol–water partition coefficient (Wildman–Crippen LogP) is 7.15. The molecule has 1 aliphatic heterocycles. The Balaban J connectivity index is 1.35. The van der Waals surface area contributed by atoms with Crippen LogP contribution in [0.5, 0.6) is 0 Å². The van der Waals surface area contributed by atoms with Gasteiger partial charge in [-0.15, -0.1) is 0 Å². The van der Waals surface area contributed by atoms with Crippen molar-refractivity contribution < 1.29 is 9.18 Å². The molecule has 0 aliphatic carbocycles. The molecule has 0 saturated carbocycles. The largest absolute Gasteiger partial charge is 0.326 e. The van der Waals surface area contributed by atoms with Crippen LogP contribution in [0.2, 0.25) is 5.02 Å². The molecule has 5 rings (SSSR count). The molecule has 180 valence electrons. The summed E-state index contributed by atoms with van der Waals surface area (Å²) >= 11 is 6.30. The number of carbonyl (C=O) groups excluding carboxylic acids is 1. The molecule has 1 fully saturated rings. The standard InChI is InChI=1S/C29H29ClFN3O/c1-2-29(35)32-24-7-5-6-21(16-24)20-12-14-33(15-13-20)19-25-17-22-10-11-23(30)18-28(22)34(25)27-9-4-3-8-26(27)31/h3-11,16-18,20H,2,12-15,19H2,1H3,(H,32,35). The zero-order valence-corrected chi connectivity index (χ0v) is 20.6. The fourth-order valence-corrected chi connectivity index (χ4v) is 5.20. The summed E-state index contributed by atoms with van der Waals surface area (Å²) in [6, 6.07) is 23.0. The van der Waals surface area contributed by atoms with Gasteiger partial charge in [0.05, 0.1) is 11.2 Å². The van der Waals surface area contributed by atoms with Crippen molar-refractivity contribution in [1.82, 2.24) is 9.47 Å². The second kappa shape index (κ2) is 10.2. The maximum absolute atomic E-state index is 14.8. The minimum atomic E-state index is -0.250. The van der Waals surface area contributed by atoms with Gasteiger partial charge in [-0.05, 0) is 79.9 Å². The van der Waals surface area contributed by atoms with Crippen molar-refractivity contribution in [3.05, 3.63) is 94.9 Å². The molecule has 1 N–H and O–H groups in total. The number of likely N-dealkylation sites (tertiary alicyclic amines) is 1. The van der Waals surface area contributed by atoms with E-state index in [1.165, 1.54) is 11.6 Å². The van der Waals surface area contributed by atoms with Crippen LogP contribution in [0.15, 0.2) is 72.8 Å². The molecule has 0 radical (unpaired) electrons. The van der Waals surface area contributed by atoms with Crippen LogP contribution >= 0.6 is 11.6 Å². The first-order chi connectivity index (χ1) is 17.0. The van der Waals surface area contributed by atoms with Crippen molar-refractivity contribution in [2.45, 2.75) is 38.6 Å². The number of rotatable bonds is 6. The van der Waals surface area contributed by atoms with Gasteiger partial charge < -0.3 is 9.88 Å². The number of para-hydroxylation sites is 1.